The van der Waals surface area contributed by atoms with Gasteiger partial charge in [-0.25, -0.2) is 4.79 Å². The zero-order chi connectivity index (χ0) is 18.2. The standard InChI is InChI=1S/C19H29N3O3/c1-3-21(18(23)15(2)20)13-17-11-7-8-12-22(17)19(24)25-14-16-9-5-4-6-10-16/h4-6,9-10,15,17H,3,7-8,11-14,20H2,1-2H3/t15-,17+/m0/s1. The molecule has 0 bridgehead atoms. The third-order valence-electron chi connectivity index (χ3n) is 4.58. The van der Waals surface area contributed by atoms with Crippen LogP contribution in [0.4, 0.5) is 4.79 Å². The van der Waals surface area contributed by atoms with E-state index in [1.54, 1.807) is 16.7 Å². The van der Waals surface area contributed by atoms with Gasteiger partial charge in [0, 0.05) is 19.6 Å². The monoisotopic (exact) mass is 347 g/mol. The minimum atomic E-state index is -0.526. The van der Waals surface area contributed by atoms with E-state index in [0.717, 1.165) is 24.8 Å². The Morgan fingerprint density at radius 2 is 2.04 bits per heavy atom. The molecule has 1 saturated heterocycles. The highest BCUT2D eigenvalue weighted by Crippen LogP contribution is 2.20. The second-order valence-electron chi connectivity index (χ2n) is 6.55. The molecule has 0 radical (unpaired) electrons. The summed E-state index contributed by atoms with van der Waals surface area (Å²) in [4.78, 5) is 28.2. The molecule has 2 rings (SSSR count). The number of likely N-dealkylation sites (tertiary alicyclic amines) is 1. The maximum absolute atomic E-state index is 12.5. The van der Waals surface area contributed by atoms with Gasteiger partial charge in [0.05, 0.1) is 12.1 Å². The van der Waals surface area contributed by atoms with Crippen LogP contribution < -0.4 is 5.73 Å². The fourth-order valence-electron chi connectivity index (χ4n) is 3.15. The number of nitrogens with zero attached hydrogens (tertiary/aromatic N) is 2. The molecular formula is C19H29N3O3. The number of rotatable bonds is 6. The Bertz CT molecular complexity index is 562. The number of amides is 2. The van der Waals surface area contributed by atoms with E-state index in [2.05, 4.69) is 0 Å². The maximum Gasteiger partial charge on any atom is 0.410 e. The Labute approximate surface area is 149 Å². The van der Waals surface area contributed by atoms with Crippen molar-refractivity contribution >= 4 is 12.0 Å². The zero-order valence-corrected chi connectivity index (χ0v) is 15.2. The van der Waals surface area contributed by atoms with Crippen molar-refractivity contribution in [2.45, 2.75) is 51.8 Å². The van der Waals surface area contributed by atoms with E-state index in [-0.39, 0.29) is 24.6 Å². The SMILES string of the molecule is CCN(C[C@H]1CCCCN1C(=O)OCc1ccccc1)C(=O)[C@H](C)N. The molecule has 2 atom stereocenters. The first-order chi connectivity index (χ1) is 12.0. The molecule has 1 aliphatic rings. The Morgan fingerprint density at radius 1 is 1.32 bits per heavy atom. The summed E-state index contributed by atoms with van der Waals surface area (Å²) in [5, 5.41) is 0. The van der Waals surface area contributed by atoms with Gasteiger partial charge >= 0.3 is 6.09 Å². The molecule has 0 spiro atoms. The predicted molar refractivity (Wildman–Crippen MR) is 96.9 cm³/mol. The summed E-state index contributed by atoms with van der Waals surface area (Å²) in [6, 6.07) is 9.10. The number of ether oxygens (including phenoxy) is 1. The maximum atomic E-state index is 12.5. The van der Waals surface area contributed by atoms with Crippen molar-refractivity contribution in [3.63, 3.8) is 0 Å². The summed E-state index contributed by atoms with van der Waals surface area (Å²) in [5.74, 6) is -0.0781. The van der Waals surface area contributed by atoms with Crippen LogP contribution in [0.3, 0.4) is 0 Å². The summed E-state index contributed by atoms with van der Waals surface area (Å²) in [6.07, 6.45) is 2.59. The third-order valence-corrected chi connectivity index (χ3v) is 4.58. The van der Waals surface area contributed by atoms with Gasteiger partial charge in [0.15, 0.2) is 0 Å². The molecule has 0 aromatic heterocycles. The molecule has 0 aliphatic carbocycles. The molecular weight excluding hydrogens is 318 g/mol. The van der Waals surface area contributed by atoms with E-state index in [9.17, 15) is 9.59 Å². The molecule has 6 nitrogen and oxygen atoms in total. The quantitative estimate of drug-likeness (QED) is 0.857. The molecule has 1 aliphatic heterocycles. The Balaban J connectivity index is 1.96. The lowest BCUT2D eigenvalue weighted by Gasteiger charge is -2.38. The van der Waals surface area contributed by atoms with Crippen molar-refractivity contribution < 1.29 is 14.3 Å². The molecule has 0 unspecified atom stereocenters. The molecule has 1 aromatic rings. The Kier molecular flexibility index (Phi) is 7.25. The van der Waals surface area contributed by atoms with Gasteiger partial charge in [0.25, 0.3) is 0 Å². The van der Waals surface area contributed by atoms with Gasteiger partial charge in [-0.05, 0) is 38.7 Å². The minimum absolute atomic E-state index is 0.0142. The molecule has 2 N–H and O–H groups in total. The average molecular weight is 347 g/mol. The van der Waals surface area contributed by atoms with Crippen LogP contribution in [0.2, 0.25) is 0 Å². The number of hydrogen-bond donors (Lipinski definition) is 1. The fraction of sp³-hybridized carbons (Fsp3) is 0.579. The topological polar surface area (TPSA) is 75.9 Å². The first-order valence-corrected chi connectivity index (χ1v) is 9.04. The van der Waals surface area contributed by atoms with Crippen molar-refractivity contribution in [2.75, 3.05) is 19.6 Å². The Hall–Kier alpha value is -2.08. The van der Waals surface area contributed by atoms with Gasteiger partial charge in [0.1, 0.15) is 6.61 Å². The number of benzene rings is 1. The number of likely N-dealkylation sites (N-methyl/N-ethyl adjacent to an activating group) is 1. The summed E-state index contributed by atoms with van der Waals surface area (Å²) in [6.45, 7) is 5.65. The van der Waals surface area contributed by atoms with Gasteiger partial charge in [-0.2, -0.15) is 0 Å². The molecule has 6 heteroatoms. The van der Waals surface area contributed by atoms with Crippen molar-refractivity contribution in [3.05, 3.63) is 35.9 Å². The van der Waals surface area contributed by atoms with E-state index >= 15 is 0 Å². The van der Waals surface area contributed by atoms with E-state index < -0.39 is 6.04 Å². The van der Waals surface area contributed by atoms with Crippen molar-refractivity contribution in [3.8, 4) is 0 Å². The van der Waals surface area contributed by atoms with Gasteiger partial charge in [-0.3, -0.25) is 4.79 Å². The number of hydrogen-bond acceptors (Lipinski definition) is 4. The number of piperidine rings is 1. The summed E-state index contributed by atoms with van der Waals surface area (Å²) < 4.78 is 5.48. The first-order valence-electron chi connectivity index (χ1n) is 9.04. The third kappa shape index (κ3) is 5.46. The summed E-state index contributed by atoms with van der Waals surface area (Å²) in [5.41, 5.74) is 6.69. The van der Waals surface area contributed by atoms with Crippen LogP contribution in [-0.2, 0) is 16.1 Å². The number of carbonyl (C=O) groups excluding carboxylic acids is 2. The molecule has 2 amide bonds. The molecule has 1 heterocycles. The van der Waals surface area contributed by atoms with E-state index in [1.807, 2.05) is 37.3 Å². The molecule has 1 fully saturated rings. The van der Waals surface area contributed by atoms with Gasteiger partial charge in [-0.15, -0.1) is 0 Å². The average Bonchev–Trinajstić information content (AvgIpc) is 2.64. The van der Waals surface area contributed by atoms with E-state index in [0.29, 0.717) is 19.6 Å². The second kappa shape index (κ2) is 9.42. The lowest BCUT2D eigenvalue weighted by molar-refractivity contribution is -0.133. The normalized spacial score (nSPS) is 18.5. The van der Waals surface area contributed by atoms with E-state index in [4.69, 9.17) is 10.5 Å². The summed E-state index contributed by atoms with van der Waals surface area (Å²) >= 11 is 0. The number of nitrogens with two attached hydrogens (primary N) is 1. The lowest BCUT2D eigenvalue weighted by Crippen LogP contribution is -2.52. The number of carbonyl (C=O) groups is 2. The smallest absolute Gasteiger partial charge is 0.410 e. The van der Waals surface area contributed by atoms with Gasteiger partial charge < -0.3 is 20.3 Å². The van der Waals surface area contributed by atoms with E-state index in [1.165, 1.54) is 0 Å². The highest BCUT2D eigenvalue weighted by molar-refractivity contribution is 5.81. The highest BCUT2D eigenvalue weighted by Gasteiger charge is 2.30. The zero-order valence-electron chi connectivity index (χ0n) is 15.2. The van der Waals surface area contributed by atoms with Crippen LogP contribution in [0.25, 0.3) is 0 Å². The molecule has 0 saturated carbocycles. The van der Waals surface area contributed by atoms with Crippen molar-refractivity contribution in [2.24, 2.45) is 5.73 Å². The summed E-state index contributed by atoms with van der Waals surface area (Å²) in [7, 11) is 0. The lowest BCUT2D eigenvalue weighted by atomic mass is 10.0. The van der Waals surface area contributed by atoms with Crippen molar-refractivity contribution in [1.29, 1.82) is 0 Å². The largest absolute Gasteiger partial charge is 0.445 e. The molecule has 25 heavy (non-hydrogen) atoms. The first kappa shape index (κ1) is 19.2. The highest BCUT2D eigenvalue weighted by atomic mass is 16.6. The van der Waals surface area contributed by atoms with Crippen LogP contribution in [0.5, 0.6) is 0 Å². The predicted octanol–water partition coefficient (Wildman–Crippen LogP) is 2.37. The van der Waals surface area contributed by atoms with Crippen LogP contribution in [0.1, 0.15) is 38.7 Å². The minimum Gasteiger partial charge on any atom is -0.445 e. The van der Waals surface area contributed by atoms with Crippen LogP contribution in [-0.4, -0.2) is 53.5 Å². The van der Waals surface area contributed by atoms with Gasteiger partial charge in [0.2, 0.25) is 5.91 Å². The molecule has 1 aromatic carbocycles. The molecule has 138 valence electrons. The second-order valence-corrected chi connectivity index (χ2v) is 6.55. The van der Waals surface area contributed by atoms with Crippen LogP contribution in [0.15, 0.2) is 30.3 Å². The Morgan fingerprint density at radius 3 is 2.68 bits per heavy atom. The van der Waals surface area contributed by atoms with Crippen LogP contribution >= 0.6 is 0 Å². The van der Waals surface area contributed by atoms with Crippen molar-refractivity contribution in [1.82, 2.24) is 9.80 Å². The van der Waals surface area contributed by atoms with Crippen LogP contribution in [0, 0.1) is 0 Å². The van der Waals surface area contributed by atoms with Gasteiger partial charge in [-0.1, -0.05) is 30.3 Å². The fourth-order valence-corrected chi connectivity index (χ4v) is 3.15.